The molecular formula is C31H39F2N5O7. The number of alkyl halides is 2. The van der Waals surface area contributed by atoms with E-state index in [0.717, 1.165) is 11.8 Å². The molecule has 3 amide bonds. The van der Waals surface area contributed by atoms with Crippen LogP contribution in [0.15, 0.2) is 59.6 Å². The number of Topliss-reactive ketones (excluding diaryl/α,β-unsaturated/α-hetero) is 2. The van der Waals surface area contributed by atoms with E-state index in [4.69, 9.17) is 20.9 Å². The minimum absolute atomic E-state index is 0.0675. The molecule has 2 rings (SSSR count). The van der Waals surface area contributed by atoms with Crippen LogP contribution in [0.4, 0.5) is 24.1 Å². The Morgan fingerprint density at radius 2 is 1.42 bits per heavy atom. The van der Waals surface area contributed by atoms with Gasteiger partial charge in [0.15, 0.2) is 5.78 Å². The number of anilines is 1. The smallest absolute Gasteiger partial charge is 0.437 e. The lowest BCUT2D eigenvalue weighted by Crippen LogP contribution is -2.58. The molecule has 45 heavy (non-hydrogen) atoms. The number of nitrogens with zero attached hydrogens (tertiary/aromatic N) is 2. The molecule has 5 N–H and O–H groups in total. The lowest BCUT2D eigenvalue weighted by Gasteiger charge is -2.27. The van der Waals surface area contributed by atoms with E-state index < -0.39 is 71.2 Å². The number of nitrogens with two attached hydrogens (primary N) is 2. The second-order valence-corrected chi connectivity index (χ2v) is 12.1. The minimum atomic E-state index is -4.29. The Balaban J connectivity index is 2.47. The van der Waals surface area contributed by atoms with Crippen LogP contribution in [-0.4, -0.2) is 64.8 Å². The van der Waals surface area contributed by atoms with Gasteiger partial charge in [-0.05, 0) is 78.3 Å². The number of nitrogens with one attached hydrogen (secondary N) is 1. The Labute approximate surface area is 260 Å². The normalized spacial score (nSPS) is 13.7. The van der Waals surface area contributed by atoms with Gasteiger partial charge >= 0.3 is 18.1 Å². The zero-order chi connectivity index (χ0) is 34.3. The van der Waals surface area contributed by atoms with Crippen LogP contribution < -0.4 is 21.7 Å². The number of carbonyl (C=O) groups is 5. The van der Waals surface area contributed by atoms with Gasteiger partial charge in [-0.2, -0.15) is 8.78 Å². The third-order valence-electron chi connectivity index (χ3n) is 5.85. The average Bonchev–Trinajstić information content (AvgIpc) is 2.91. The van der Waals surface area contributed by atoms with Crippen LogP contribution in [0.25, 0.3) is 0 Å². The van der Waals surface area contributed by atoms with E-state index in [0.29, 0.717) is 0 Å². The summed E-state index contributed by atoms with van der Waals surface area (Å²) < 4.78 is 40.5. The number of rotatable bonds is 9. The van der Waals surface area contributed by atoms with Gasteiger partial charge in [-0.25, -0.2) is 14.5 Å². The van der Waals surface area contributed by atoms with Crippen LogP contribution in [0.2, 0.25) is 0 Å². The number of aliphatic imine (C=N–C) groups is 1. The Morgan fingerprint density at radius 3 is 1.91 bits per heavy atom. The van der Waals surface area contributed by atoms with Gasteiger partial charge in [-0.1, -0.05) is 30.3 Å². The molecule has 0 saturated carbocycles. The van der Waals surface area contributed by atoms with Crippen molar-refractivity contribution in [2.75, 3.05) is 4.90 Å². The number of hydrogen-bond acceptors (Lipinski definition) is 8. The molecule has 0 aliphatic carbocycles. The molecule has 0 saturated heterocycles. The summed E-state index contributed by atoms with van der Waals surface area (Å²) in [5.74, 6) is -8.55. The molecule has 0 aliphatic heterocycles. The Bertz CT molecular complexity index is 1430. The number of guanidine groups is 1. The maximum absolute atomic E-state index is 15.0. The number of amides is 3. The molecule has 244 valence electrons. The van der Waals surface area contributed by atoms with Crippen LogP contribution in [0.5, 0.6) is 0 Å². The fraction of sp³-hybridized carbons (Fsp3) is 0.419. The summed E-state index contributed by atoms with van der Waals surface area (Å²) >= 11 is 0. The first-order valence-corrected chi connectivity index (χ1v) is 13.9. The number of carbonyl (C=O) groups excluding carboxylic acids is 5. The van der Waals surface area contributed by atoms with E-state index in [-0.39, 0.29) is 16.8 Å². The van der Waals surface area contributed by atoms with Crippen molar-refractivity contribution in [3.05, 3.63) is 65.7 Å². The van der Waals surface area contributed by atoms with Crippen molar-refractivity contribution in [1.82, 2.24) is 5.32 Å². The third kappa shape index (κ3) is 10.7. The van der Waals surface area contributed by atoms with Crippen molar-refractivity contribution >= 4 is 41.3 Å². The molecule has 0 fully saturated rings. The Hall–Kier alpha value is -4.72. The van der Waals surface area contributed by atoms with Crippen LogP contribution in [0.1, 0.15) is 64.4 Å². The van der Waals surface area contributed by atoms with E-state index in [1.165, 1.54) is 36.4 Å². The minimum Gasteiger partial charge on any atom is -0.443 e. The predicted molar refractivity (Wildman–Crippen MR) is 163 cm³/mol. The summed E-state index contributed by atoms with van der Waals surface area (Å²) in [5.41, 5.74) is 9.96. The van der Waals surface area contributed by atoms with Gasteiger partial charge in [0.2, 0.25) is 11.7 Å². The molecule has 0 aromatic heterocycles. The summed E-state index contributed by atoms with van der Waals surface area (Å²) in [6.07, 6.45) is -2.49. The molecule has 2 aromatic carbocycles. The summed E-state index contributed by atoms with van der Waals surface area (Å²) in [5, 5.41) is 2.31. The number of ether oxygens (including phenoxy) is 2. The molecule has 2 atom stereocenters. The van der Waals surface area contributed by atoms with E-state index in [1.54, 1.807) is 59.7 Å². The fourth-order valence-electron chi connectivity index (χ4n) is 3.77. The van der Waals surface area contributed by atoms with Gasteiger partial charge in [0.05, 0.1) is 11.7 Å². The molecule has 0 spiro atoms. The lowest BCUT2D eigenvalue weighted by molar-refractivity contribution is -0.152. The first-order chi connectivity index (χ1) is 20.6. The van der Waals surface area contributed by atoms with Gasteiger partial charge in [0.25, 0.3) is 5.91 Å². The van der Waals surface area contributed by atoms with Crippen LogP contribution in [-0.2, 0) is 25.5 Å². The maximum atomic E-state index is 15.0. The zero-order valence-corrected chi connectivity index (χ0v) is 26.2. The Kier molecular flexibility index (Phi) is 11.6. The van der Waals surface area contributed by atoms with Crippen molar-refractivity contribution in [3.8, 4) is 0 Å². The maximum Gasteiger partial charge on any atom is 0.437 e. The van der Waals surface area contributed by atoms with Crippen molar-refractivity contribution in [2.24, 2.45) is 16.5 Å². The van der Waals surface area contributed by atoms with Crippen LogP contribution in [0, 0.1) is 0 Å². The monoisotopic (exact) mass is 631 g/mol. The van der Waals surface area contributed by atoms with Crippen LogP contribution in [0.3, 0.4) is 0 Å². The van der Waals surface area contributed by atoms with E-state index in [9.17, 15) is 32.8 Å². The highest BCUT2D eigenvalue weighted by Gasteiger charge is 2.50. The highest BCUT2D eigenvalue weighted by Crippen LogP contribution is 2.25. The largest absolute Gasteiger partial charge is 0.443 e. The van der Waals surface area contributed by atoms with Crippen molar-refractivity contribution < 1.29 is 42.2 Å². The van der Waals surface area contributed by atoms with Crippen molar-refractivity contribution in [2.45, 2.75) is 84.1 Å². The first-order valence-electron chi connectivity index (χ1n) is 13.9. The molecule has 0 radical (unpaired) electrons. The topological polar surface area (TPSA) is 183 Å². The SMILES string of the molecule is CC(=O)C(N)C(F)(F)C(=O)C(Cc1ccc(N(C(=O)OC(C)(C)C)C(N)=NC(=O)OC(C)(C)C)cc1)NC(=O)c1ccccc1. The molecular weight excluding hydrogens is 592 g/mol. The molecule has 0 aliphatic rings. The molecule has 12 nitrogen and oxygen atoms in total. The van der Waals surface area contributed by atoms with Gasteiger partial charge in [0, 0.05) is 12.0 Å². The van der Waals surface area contributed by atoms with E-state index in [2.05, 4.69) is 10.3 Å². The molecule has 0 heterocycles. The number of benzene rings is 2. The third-order valence-corrected chi connectivity index (χ3v) is 5.85. The second kappa shape index (κ2) is 14.4. The molecule has 2 unspecified atom stereocenters. The van der Waals surface area contributed by atoms with E-state index in [1.807, 2.05) is 0 Å². The molecule has 2 aromatic rings. The highest BCUT2D eigenvalue weighted by atomic mass is 19.3. The Morgan fingerprint density at radius 1 is 0.889 bits per heavy atom. The van der Waals surface area contributed by atoms with Gasteiger partial charge < -0.3 is 26.3 Å². The second-order valence-electron chi connectivity index (χ2n) is 12.1. The van der Waals surface area contributed by atoms with Crippen molar-refractivity contribution in [1.29, 1.82) is 0 Å². The first kappa shape index (κ1) is 36.5. The summed E-state index contributed by atoms with van der Waals surface area (Å²) in [6, 6.07) is 8.84. The van der Waals surface area contributed by atoms with E-state index >= 15 is 0 Å². The number of ketones is 2. The molecule has 14 heteroatoms. The number of halogens is 2. The van der Waals surface area contributed by atoms with Crippen LogP contribution >= 0.6 is 0 Å². The quantitative estimate of drug-likeness (QED) is 0.270. The van der Waals surface area contributed by atoms with Gasteiger partial charge in [0.1, 0.15) is 17.2 Å². The summed E-state index contributed by atoms with van der Waals surface area (Å²) in [4.78, 5) is 67.3. The summed E-state index contributed by atoms with van der Waals surface area (Å²) in [6.45, 7) is 10.5. The molecule has 0 bridgehead atoms. The highest BCUT2D eigenvalue weighted by molar-refractivity contribution is 6.15. The average molecular weight is 632 g/mol. The van der Waals surface area contributed by atoms with Gasteiger partial charge in [-0.15, -0.1) is 4.99 Å². The number of hydrogen-bond donors (Lipinski definition) is 3. The zero-order valence-electron chi connectivity index (χ0n) is 26.2. The lowest BCUT2D eigenvalue weighted by atomic mass is 9.93. The standard InChI is InChI=1S/C31H39F2N5O7/c1-18(39)23(34)31(32,33)24(40)22(36-25(41)20-11-9-8-10-12-20)17-19-13-15-21(16-14-19)38(28(43)45-30(5,6)7)26(35)37-27(42)44-29(2,3)4/h8-16,22-23H,17,34H2,1-7H3,(H,36,41)(H2,35,37,42). The van der Waals surface area contributed by atoms with Gasteiger partial charge in [-0.3, -0.25) is 14.4 Å². The predicted octanol–water partition coefficient (Wildman–Crippen LogP) is 4.14. The fourth-order valence-corrected chi connectivity index (χ4v) is 3.77. The van der Waals surface area contributed by atoms with Crippen molar-refractivity contribution in [3.63, 3.8) is 0 Å². The summed E-state index contributed by atoms with van der Waals surface area (Å²) in [7, 11) is 0.